The van der Waals surface area contributed by atoms with E-state index in [0.29, 0.717) is 12.1 Å². The Morgan fingerprint density at radius 1 is 1.41 bits per heavy atom. The predicted molar refractivity (Wildman–Crippen MR) is 74.6 cm³/mol. The number of carbonyl (C=O) groups is 1. The fourth-order valence-corrected chi connectivity index (χ4v) is 2.41. The molecule has 1 aromatic carbocycles. The van der Waals surface area contributed by atoms with Gasteiger partial charge in [-0.2, -0.15) is 8.78 Å². The predicted octanol–water partition coefficient (Wildman–Crippen LogP) is 2.00. The van der Waals surface area contributed by atoms with Crippen LogP contribution in [0.2, 0.25) is 0 Å². The van der Waals surface area contributed by atoms with E-state index in [9.17, 15) is 13.6 Å². The molecule has 2 heterocycles. The summed E-state index contributed by atoms with van der Waals surface area (Å²) in [6.45, 7) is -1.76. The lowest BCUT2D eigenvalue weighted by Gasteiger charge is -2.38. The molecule has 7 heteroatoms. The first-order valence-electron chi connectivity index (χ1n) is 6.89. The molecule has 116 valence electrons. The van der Waals surface area contributed by atoms with Gasteiger partial charge in [0.05, 0.1) is 12.4 Å². The van der Waals surface area contributed by atoms with E-state index < -0.39 is 12.7 Å². The summed E-state index contributed by atoms with van der Waals surface area (Å²) in [6.07, 6.45) is 4.67. The molecule has 0 spiro atoms. The van der Waals surface area contributed by atoms with Crippen molar-refractivity contribution in [2.24, 2.45) is 0 Å². The minimum absolute atomic E-state index is 0.165. The number of carbonyl (C=O) groups excluding carboxylic acids is 1. The van der Waals surface area contributed by atoms with Crippen molar-refractivity contribution in [1.82, 2.24) is 14.5 Å². The average molecular weight is 307 g/mol. The minimum atomic E-state index is -2.79. The van der Waals surface area contributed by atoms with Crippen molar-refractivity contribution in [2.45, 2.75) is 19.3 Å². The number of benzene rings is 1. The highest BCUT2D eigenvalue weighted by Crippen LogP contribution is 2.18. The van der Waals surface area contributed by atoms with Crippen molar-refractivity contribution in [2.75, 3.05) is 13.1 Å². The molecule has 1 aromatic heterocycles. The molecular formula is C15H15F2N3O2. The van der Waals surface area contributed by atoms with Crippen LogP contribution < -0.4 is 0 Å². The highest BCUT2D eigenvalue weighted by molar-refractivity contribution is 5.95. The van der Waals surface area contributed by atoms with Crippen LogP contribution in [0, 0.1) is 0 Å². The number of imidazole rings is 1. The molecule has 0 radical (unpaired) electrons. The third kappa shape index (κ3) is 3.30. The number of nitrogens with zero attached hydrogens (tertiary/aromatic N) is 3. The first-order chi connectivity index (χ1) is 10.6. The zero-order chi connectivity index (χ0) is 15.5. The highest BCUT2D eigenvalue weighted by Gasteiger charge is 2.33. The zero-order valence-electron chi connectivity index (χ0n) is 11.7. The van der Waals surface area contributed by atoms with Gasteiger partial charge in [0.2, 0.25) is 0 Å². The Hall–Kier alpha value is -2.28. The summed E-state index contributed by atoms with van der Waals surface area (Å²) >= 11 is 0. The first-order valence-corrected chi connectivity index (χ1v) is 6.89. The number of hydrogen-bond acceptors (Lipinski definition) is 3. The van der Waals surface area contributed by atoms with Gasteiger partial charge in [-0.3, -0.25) is 4.79 Å². The Bertz CT molecular complexity index is 640. The molecular weight excluding hydrogens is 292 g/mol. The van der Waals surface area contributed by atoms with E-state index >= 15 is 0 Å². The second kappa shape index (κ2) is 6.23. The van der Waals surface area contributed by atoms with Crippen molar-refractivity contribution in [1.29, 1.82) is 0 Å². The van der Waals surface area contributed by atoms with Gasteiger partial charge in [0.25, 0.3) is 5.91 Å². The van der Waals surface area contributed by atoms with E-state index in [-0.39, 0.29) is 19.0 Å². The number of halogens is 2. The smallest absolute Gasteiger partial charge is 0.333 e. The molecule has 1 aliphatic rings. The maximum atomic E-state index is 12.3. The molecule has 1 saturated heterocycles. The first kappa shape index (κ1) is 14.6. The maximum absolute atomic E-state index is 12.3. The van der Waals surface area contributed by atoms with Crippen molar-refractivity contribution in [3.05, 3.63) is 54.1 Å². The number of hydrogen-bond donors (Lipinski definition) is 0. The van der Waals surface area contributed by atoms with E-state index in [0.717, 1.165) is 5.56 Å². The molecule has 0 aliphatic carbocycles. The average Bonchev–Trinajstić information content (AvgIpc) is 2.94. The molecule has 0 unspecified atom stereocenters. The number of ether oxygens (including phenoxy) is 1. The monoisotopic (exact) mass is 307 g/mol. The number of likely N-dealkylation sites (tertiary alicyclic amines) is 1. The highest BCUT2D eigenvalue weighted by atomic mass is 19.3. The third-order valence-corrected chi connectivity index (χ3v) is 3.53. The number of amides is 1. The molecule has 1 fully saturated rings. The van der Waals surface area contributed by atoms with Crippen molar-refractivity contribution in [3.8, 4) is 0 Å². The second-order valence-electron chi connectivity index (χ2n) is 5.16. The molecule has 5 nitrogen and oxygen atoms in total. The lowest BCUT2D eigenvalue weighted by atomic mass is 10.1. The topological polar surface area (TPSA) is 47.4 Å². The Morgan fingerprint density at radius 3 is 2.91 bits per heavy atom. The van der Waals surface area contributed by atoms with Gasteiger partial charge in [-0.25, -0.2) is 4.98 Å². The van der Waals surface area contributed by atoms with Gasteiger partial charge < -0.3 is 14.2 Å². The summed E-state index contributed by atoms with van der Waals surface area (Å²) in [6, 6.07) is 7.27. The molecule has 0 saturated carbocycles. The molecule has 1 aliphatic heterocycles. The van der Waals surface area contributed by atoms with Gasteiger partial charge in [0.15, 0.2) is 0 Å². The largest absolute Gasteiger partial charge is 0.345 e. The molecule has 0 bridgehead atoms. The van der Waals surface area contributed by atoms with Crippen LogP contribution in [0.1, 0.15) is 15.9 Å². The Kier molecular flexibility index (Phi) is 4.15. The maximum Gasteiger partial charge on any atom is 0.345 e. The van der Waals surface area contributed by atoms with Crippen LogP contribution in [0.3, 0.4) is 0 Å². The summed E-state index contributed by atoms with van der Waals surface area (Å²) in [5.74, 6) is -0.165. The fraction of sp³-hybridized carbons (Fsp3) is 0.333. The molecule has 3 rings (SSSR count). The van der Waals surface area contributed by atoms with Crippen LogP contribution in [0.15, 0.2) is 43.0 Å². The van der Waals surface area contributed by atoms with Gasteiger partial charge in [-0.1, -0.05) is 12.1 Å². The molecule has 0 atom stereocenters. The summed E-state index contributed by atoms with van der Waals surface area (Å²) in [7, 11) is 0. The Balaban J connectivity index is 1.62. The lowest BCUT2D eigenvalue weighted by Crippen LogP contribution is -2.55. The summed E-state index contributed by atoms with van der Waals surface area (Å²) in [4.78, 5) is 17.8. The normalized spacial score (nSPS) is 15.1. The quantitative estimate of drug-likeness (QED) is 0.849. The van der Waals surface area contributed by atoms with E-state index in [1.165, 1.54) is 4.90 Å². The summed E-state index contributed by atoms with van der Waals surface area (Å²) < 4.78 is 30.4. The van der Waals surface area contributed by atoms with Gasteiger partial charge in [-0.15, -0.1) is 0 Å². The van der Waals surface area contributed by atoms with Crippen LogP contribution in [0.5, 0.6) is 0 Å². The van der Waals surface area contributed by atoms with Gasteiger partial charge in [-0.05, 0) is 17.7 Å². The van der Waals surface area contributed by atoms with Crippen LogP contribution in [0.25, 0.3) is 0 Å². The number of aromatic nitrogens is 2. The fourth-order valence-electron chi connectivity index (χ4n) is 2.41. The lowest BCUT2D eigenvalue weighted by molar-refractivity contribution is -0.189. The van der Waals surface area contributed by atoms with E-state index in [4.69, 9.17) is 0 Å². The van der Waals surface area contributed by atoms with Gasteiger partial charge >= 0.3 is 6.61 Å². The zero-order valence-corrected chi connectivity index (χ0v) is 11.7. The van der Waals surface area contributed by atoms with Crippen LogP contribution in [-0.2, 0) is 11.3 Å². The molecule has 2 aromatic rings. The standard InChI is InChI=1S/C15H15F2N3O2/c16-15(17)22-13-8-20(9-13)14(21)12-3-1-2-11(6-12)7-19-5-4-18-10-19/h1-6,10,13,15H,7-9H2. The van der Waals surface area contributed by atoms with Crippen molar-refractivity contribution < 1.29 is 18.3 Å². The number of alkyl halides is 2. The Morgan fingerprint density at radius 2 is 2.23 bits per heavy atom. The Labute approximate surface area is 126 Å². The summed E-state index contributed by atoms with van der Waals surface area (Å²) in [5.41, 5.74) is 1.53. The van der Waals surface area contributed by atoms with Crippen LogP contribution in [-0.4, -0.2) is 46.2 Å². The molecule has 1 amide bonds. The van der Waals surface area contributed by atoms with E-state index in [1.54, 1.807) is 18.6 Å². The van der Waals surface area contributed by atoms with E-state index in [2.05, 4.69) is 9.72 Å². The van der Waals surface area contributed by atoms with Crippen molar-refractivity contribution >= 4 is 5.91 Å². The number of rotatable bonds is 5. The second-order valence-corrected chi connectivity index (χ2v) is 5.16. The van der Waals surface area contributed by atoms with Crippen LogP contribution in [0.4, 0.5) is 8.78 Å². The molecule has 0 N–H and O–H groups in total. The van der Waals surface area contributed by atoms with Gasteiger partial charge in [0.1, 0.15) is 0 Å². The minimum Gasteiger partial charge on any atom is -0.333 e. The molecule has 22 heavy (non-hydrogen) atoms. The van der Waals surface area contributed by atoms with Crippen molar-refractivity contribution in [3.63, 3.8) is 0 Å². The van der Waals surface area contributed by atoms with E-state index in [1.807, 2.05) is 29.0 Å². The van der Waals surface area contributed by atoms with Crippen LogP contribution >= 0.6 is 0 Å². The SMILES string of the molecule is O=C(c1cccc(Cn2ccnc2)c1)N1CC(OC(F)F)C1. The summed E-state index contributed by atoms with van der Waals surface area (Å²) in [5, 5.41) is 0. The third-order valence-electron chi connectivity index (χ3n) is 3.53. The van der Waals surface area contributed by atoms with Gasteiger partial charge in [0, 0.05) is 37.6 Å².